The van der Waals surface area contributed by atoms with Gasteiger partial charge in [-0.3, -0.25) is 0 Å². The van der Waals surface area contributed by atoms with Crippen molar-refractivity contribution >= 4 is 10.0 Å². The first-order valence-corrected chi connectivity index (χ1v) is 7.61. The molecule has 0 aliphatic heterocycles. The number of sulfonamides is 1. The van der Waals surface area contributed by atoms with E-state index in [1.807, 2.05) is 38.1 Å². The summed E-state index contributed by atoms with van der Waals surface area (Å²) >= 11 is 0. The SMILES string of the molecule is Cc1ccc([C@@H](C)NS(=O)(=O)c2ccccc2)cc1. The Balaban J connectivity index is 2.19. The van der Waals surface area contributed by atoms with E-state index in [0.29, 0.717) is 0 Å². The van der Waals surface area contributed by atoms with Crippen LogP contribution in [0.5, 0.6) is 0 Å². The minimum Gasteiger partial charge on any atom is -0.207 e. The van der Waals surface area contributed by atoms with Crippen LogP contribution in [0.1, 0.15) is 24.1 Å². The fourth-order valence-corrected chi connectivity index (χ4v) is 3.08. The summed E-state index contributed by atoms with van der Waals surface area (Å²) in [5, 5.41) is 0. The van der Waals surface area contributed by atoms with Crippen LogP contribution in [0.25, 0.3) is 0 Å². The van der Waals surface area contributed by atoms with Crippen LogP contribution in [0.3, 0.4) is 0 Å². The van der Waals surface area contributed by atoms with Crippen molar-refractivity contribution in [1.82, 2.24) is 4.72 Å². The first kappa shape index (κ1) is 13.8. The Kier molecular flexibility index (Phi) is 4.02. The zero-order chi connectivity index (χ0) is 13.9. The zero-order valence-corrected chi connectivity index (χ0v) is 11.8. The van der Waals surface area contributed by atoms with Crippen LogP contribution < -0.4 is 4.72 Å². The second-order valence-corrected chi connectivity index (χ2v) is 6.28. The van der Waals surface area contributed by atoms with Gasteiger partial charge in [-0.05, 0) is 31.5 Å². The van der Waals surface area contributed by atoms with E-state index in [9.17, 15) is 8.42 Å². The van der Waals surface area contributed by atoms with Crippen LogP contribution in [0.15, 0.2) is 59.5 Å². The maximum Gasteiger partial charge on any atom is 0.241 e. The first-order chi connectivity index (χ1) is 8.99. The van der Waals surface area contributed by atoms with Crippen molar-refractivity contribution in [3.05, 3.63) is 65.7 Å². The zero-order valence-electron chi connectivity index (χ0n) is 11.0. The van der Waals surface area contributed by atoms with Gasteiger partial charge in [0.2, 0.25) is 10.0 Å². The van der Waals surface area contributed by atoms with Crippen LogP contribution >= 0.6 is 0 Å². The summed E-state index contributed by atoms with van der Waals surface area (Å²) in [6.45, 7) is 3.84. The second kappa shape index (κ2) is 5.55. The summed E-state index contributed by atoms with van der Waals surface area (Å²) in [4.78, 5) is 0.286. The predicted molar refractivity (Wildman–Crippen MR) is 76.4 cm³/mol. The van der Waals surface area contributed by atoms with Gasteiger partial charge >= 0.3 is 0 Å². The van der Waals surface area contributed by atoms with Crippen LogP contribution in [0.2, 0.25) is 0 Å². The van der Waals surface area contributed by atoms with E-state index in [1.165, 1.54) is 0 Å². The second-order valence-electron chi connectivity index (χ2n) is 4.57. The number of nitrogens with one attached hydrogen (secondary N) is 1. The molecule has 100 valence electrons. The Hall–Kier alpha value is -1.65. The molecular weight excluding hydrogens is 258 g/mol. The van der Waals surface area contributed by atoms with E-state index >= 15 is 0 Å². The van der Waals surface area contributed by atoms with Gasteiger partial charge in [0.15, 0.2) is 0 Å². The van der Waals surface area contributed by atoms with Crippen LogP contribution in [-0.4, -0.2) is 8.42 Å². The molecule has 1 N–H and O–H groups in total. The van der Waals surface area contributed by atoms with Crippen molar-refractivity contribution in [2.24, 2.45) is 0 Å². The molecule has 2 aromatic rings. The summed E-state index contributed by atoms with van der Waals surface area (Å²) in [5.41, 5.74) is 2.10. The van der Waals surface area contributed by atoms with Gasteiger partial charge in [-0.2, -0.15) is 0 Å². The fourth-order valence-electron chi connectivity index (χ4n) is 1.82. The lowest BCUT2D eigenvalue weighted by molar-refractivity contribution is 0.567. The van der Waals surface area contributed by atoms with Crippen molar-refractivity contribution in [1.29, 1.82) is 0 Å². The van der Waals surface area contributed by atoms with E-state index in [2.05, 4.69) is 4.72 Å². The van der Waals surface area contributed by atoms with Crippen LogP contribution in [-0.2, 0) is 10.0 Å². The summed E-state index contributed by atoms with van der Waals surface area (Å²) in [6.07, 6.45) is 0. The molecule has 0 aromatic heterocycles. The molecule has 4 heteroatoms. The van der Waals surface area contributed by atoms with Gasteiger partial charge < -0.3 is 0 Å². The van der Waals surface area contributed by atoms with E-state index in [0.717, 1.165) is 11.1 Å². The van der Waals surface area contributed by atoms with E-state index in [1.54, 1.807) is 30.3 Å². The average molecular weight is 275 g/mol. The molecule has 2 rings (SSSR count). The molecule has 0 spiro atoms. The lowest BCUT2D eigenvalue weighted by Crippen LogP contribution is -2.26. The molecule has 19 heavy (non-hydrogen) atoms. The summed E-state index contributed by atoms with van der Waals surface area (Å²) in [6, 6.07) is 16.0. The molecule has 0 aliphatic carbocycles. The Morgan fingerprint density at radius 2 is 1.53 bits per heavy atom. The number of aryl methyl sites for hydroxylation is 1. The molecule has 0 aliphatic rings. The standard InChI is InChI=1S/C15H17NO2S/c1-12-8-10-14(11-9-12)13(2)16-19(17,18)15-6-4-3-5-7-15/h3-11,13,16H,1-2H3/t13-/m1/s1. The van der Waals surface area contributed by atoms with Crippen LogP contribution in [0.4, 0.5) is 0 Å². The quantitative estimate of drug-likeness (QED) is 0.932. The summed E-state index contributed by atoms with van der Waals surface area (Å²) in [5.74, 6) is 0. The van der Waals surface area contributed by atoms with Crippen molar-refractivity contribution in [3.63, 3.8) is 0 Å². The molecule has 0 amide bonds. The van der Waals surface area contributed by atoms with Crippen molar-refractivity contribution < 1.29 is 8.42 Å². The predicted octanol–water partition coefficient (Wildman–Crippen LogP) is 3.03. The molecule has 0 unspecified atom stereocenters. The molecule has 0 fully saturated rings. The van der Waals surface area contributed by atoms with Gasteiger partial charge in [-0.1, -0.05) is 48.0 Å². The molecule has 0 saturated carbocycles. The third-order valence-electron chi connectivity index (χ3n) is 2.96. The number of hydrogen-bond donors (Lipinski definition) is 1. The van der Waals surface area contributed by atoms with Gasteiger partial charge in [-0.15, -0.1) is 0 Å². The van der Waals surface area contributed by atoms with E-state index in [4.69, 9.17) is 0 Å². The highest BCUT2D eigenvalue weighted by Crippen LogP contribution is 2.17. The lowest BCUT2D eigenvalue weighted by atomic mass is 10.1. The molecule has 0 bridgehead atoms. The summed E-state index contributed by atoms with van der Waals surface area (Å²) in [7, 11) is -3.47. The maximum atomic E-state index is 12.2. The first-order valence-electron chi connectivity index (χ1n) is 6.13. The Bertz CT molecular complexity index is 634. The normalized spacial score (nSPS) is 13.2. The van der Waals surface area contributed by atoms with Gasteiger partial charge in [0.25, 0.3) is 0 Å². The molecule has 0 heterocycles. The molecule has 0 saturated heterocycles. The van der Waals surface area contributed by atoms with Gasteiger partial charge in [0.1, 0.15) is 0 Å². The minimum atomic E-state index is -3.47. The largest absolute Gasteiger partial charge is 0.241 e. The molecule has 2 aromatic carbocycles. The molecule has 3 nitrogen and oxygen atoms in total. The Morgan fingerprint density at radius 3 is 2.11 bits per heavy atom. The van der Waals surface area contributed by atoms with Gasteiger partial charge in [0, 0.05) is 6.04 Å². The van der Waals surface area contributed by atoms with Gasteiger partial charge in [-0.25, -0.2) is 13.1 Å². The number of rotatable bonds is 4. The third-order valence-corrected chi connectivity index (χ3v) is 4.52. The van der Waals surface area contributed by atoms with E-state index < -0.39 is 10.0 Å². The Labute approximate surface area is 114 Å². The van der Waals surface area contributed by atoms with Crippen LogP contribution in [0, 0.1) is 6.92 Å². The smallest absolute Gasteiger partial charge is 0.207 e. The highest BCUT2D eigenvalue weighted by molar-refractivity contribution is 7.89. The lowest BCUT2D eigenvalue weighted by Gasteiger charge is -2.14. The topological polar surface area (TPSA) is 46.2 Å². The summed E-state index contributed by atoms with van der Waals surface area (Å²) < 4.78 is 27.0. The minimum absolute atomic E-state index is 0.259. The monoisotopic (exact) mass is 275 g/mol. The fraction of sp³-hybridized carbons (Fsp3) is 0.200. The molecule has 1 atom stereocenters. The van der Waals surface area contributed by atoms with E-state index in [-0.39, 0.29) is 10.9 Å². The molecule has 0 radical (unpaired) electrons. The van der Waals surface area contributed by atoms with Crippen molar-refractivity contribution in [2.45, 2.75) is 24.8 Å². The van der Waals surface area contributed by atoms with Gasteiger partial charge in [0.05, 0.1) is 4.90 Å². The van der Waals surface area contributed by atoms with Crippen molar-refractivity contribution in [3.8, 4) is 0 Å². The molecular formula is C15H17NO2S. The average Bonchev–Trinajstić information content (AvgIpc) is 2.40. The maximum absolute atomic E-state index is 12.2. The Morgan fingerprint density at radius 1 is 0.947 bits per heavy atom. The van der Waals surface area contributed by atoms with Crippen molar-refractivity contribution in [2.75, 3.05) is 0 Å². The highest BCUT2D eigenvalue weighted by Gasteiger charge is 2.17. The number of hydrogen-bond acceptors (Lipinski definition) is 2. The number of benzene rings is 2. The third kappa shape index (κ3) is 3.43. The highest BCUT2D eigenvalue weighted by atomic mass is 32.2.